The number of carbonyl (C=O) groups excluding carboxylic acids is 2. The van der Waals surface area contributed by atoms with Gasteiger partial charge in [0.25, 0.3) is 0 Å². The number of carboxylic acid groups (broad SMARTS) is 1. The topological polar surface area (TPSA) is 86.7 Å². The van der Waals surface area contributed by atoms with Gasteiger partial charge in [0.1, 0.15) is 0 Å². The fraction of sp³-hybridized carbons (Fsp3) is 0.800. The summed E-state index contributed by atoms with van der Waals surface area (Å²) in [5.74, 6) is 0.264. The molecule has 0 bridgehead atoms. The Morgan fingerprint density at radius 3 is 2.33 bits per heavy atom. The Kier molecular flexibility index (Phi) is 2.78. The fourth-order valence-corrected chi connectivity index (χ4v) is 4.53. The van der Waals surface area contributed by atoms with Gasteiger partial charge < -0.3 is 15.3 Å². The molecule has 0 aromatic carbocycles. The summed E-state index contributed by atoms with van der Waals surface area (Å²) in [5.41, 5.74) is 0. The number of rotatable bonds is 2. The molecule has 5 atom stereocenters. The van der Waals surface area contributed by atoms with Gasteiger partial charge in [-0.2, -0.15) is 0 Å². The number of hydrogen-bond donors (Lipinski definition) is 2. The van der Waals surface area contributed by atoms with Crippen LogP contribution in [-0.4, -0.2) is 46.9 Å². The van der Waals surface area contributed by atoms with Crippen molar-refractivity contribution in [1.29, 1.82) is 0 Å². The lowest BCUT2D eigenvalue weighted by Gasteiger charge is -2.30. The van der Waals surface area contributed by atoms with Gasteiger partial charge in [-0.1, -0.05) is 0 Å². The molecule has 1 heterocycles. The van der Waals surface area contributed by atoms with Gasteiger partial charge in [-0.25, -0.2) is 0 Å². The second-order valence-electron chi connectivity index (χ2n) is 7.05. The zero-order chi connectivity index (χ0) is 14.7. The van der Waals surface area contributed by atoms with E-state index in [1.165, 1.54) is 17.7 Å². The highest BCUT2D eigenvalue weighted by molar-refractivity contribution is 6.35. The van der Waals surface area contributed by atoms with E-state index in [9.17, 15) is 14.4 Å². The first-order valence-corrected chi connectivity index (χ1v) is 7.89. The molecular formula is C15H20N2O4. The minimum atomic E-state index is -0.884. The third-order valence-corrected chi connectivity index (χ3v) is 5.80. The summed E-state index contributed by atoms with van der Waals surface area (Å²) in [6, 6.07) is 0.191. The van der Waals surface area contributed by atoms with Crippen LogP contribution < -0.4 is 5.32 Å². The van der Waals surface area contributed by atoms with Crippen LogP contribution in [0.15, 0.2) is 0 Å². The average molecular weight is 292 g/mol. The van der Waals surface area contributed by atoms with Crippen LogP contribution >= 0.6 is 0 Å². The third-order valence-electron chi connectivity index (χ3n) is 5.80. The van der Waals surface area contributed by atoms with Crippen LogP contribution in [0, 0.1) is 29.6 Å². The molecule has 3 saturated carbocycles. The van der Waals surface area contributed by atoms with E-state index in [-0.39, 0.29) is 12.6 Å². The van der Waals surface area contributed by atoms with E-state index in [0.717, 1.165) is 11.8 Å². The van der Waals surface area contributed by atoms with Crippen LogP contribution in [-0.2, 0) is 14.4 Å². The number of likely N-dealkylation sites (tertiary alicyclic amines) is 1. The van der Waals surface area contributed by atoms with Gasteiger partial charge in [-0.3, -0.25) is 14.4 Å². The summed E-state index contributed by atoms with van der Waals surface area (Å²) in [5, 5.41) is 12.0. The number of carbonyl (C=O) groups is 3. The van der Waals surface area contributed by atoms with Crippen molar-refractivity contribution in [2.24, 2.45) is 29.6 Å². The summed E-state index contributed by atoms with van der Waals surface area (Å²) >= 11 is 0. The molecule has 2 N–H and O–H groups in total. The van der Waals surface area contributed by atoms with Gasteiger partial charge in [0.15, 0.2) is 0 Å². The Labute approximate surface area is 122 Å². The highest BCUT2D eigenvalue weighted by atomic mass is 16.4. The first-order valence-electron chi connectivity index (χ1n) is 7.89. The van der Waals surface area contributed by atoms with Crippen LogP contribution in [0.3, 0.4) is 0 Å². The number of hydrogen-bond acceptors (Lipinski definition) is 3. The molecule has 21 heavy (non-hydrogen) atoms. The Bertz CT molecular complexity index is 504. The van der Waals surface area contributed by atoms with Crippen molar-refractivity contribution in [2.45, 2.75) is 31.7 Å². The number of carboxylic acids is 1. The minimum absolute atomic E-state index is 0.157. The van der Waals surface area contributed by atoms with Gasteiger partial charge in [0.05, 0.1) is 5.92 Å². The van der Waals surface area contributed by atoms with Gasteiger partial charge >= 0.3 is 17.8 Å². The highest BCUT2D eigenvalue weighted by Crippen LogP contribution is 2.69. The molecule has 0 unspecified atom stereocenters. The van der Waals surface area contributed by atoms with Gasteiger partial charge in [0, 0.05) is 19.1 Å². The zero-order valence-electron chi connectivity index (χ0n) is 11.8. The van der Waals surface area contributed by atoms with Crippen molar-refractivity contribution >= 4 is 17.8 Å². The van der Waals surface area contributed by atoms with E-state index in [0.29, 0.717) is 31.2 Å². The Balaban J connectivity index is 1.35. The first-order chi connectivity index (χ1) is 10.1. The molecule has 2 amide bonds. The molecule has 4 rings (SSSR count). The first kappa shape index (κ1) is 13.1. The molecule has 6 nitrogen and oxygen atoms in total. The van der Waals surface area contributed by atoms with E-state index in [1.54, 1.807) is 0 Å². The average Bonchev–Trinajstić information content (AvgIpc) is 3.36. The summed E-state index contributed by atoms with van der Waals surface area (Å²) in [4.78, 5) is 36.8. The molecule has 6 heteroatoms. The van der Waals surface area contributed by atoms with Crippen LogP contribution in [0.5, 0.6) is 0 Å². The van der Waals surface area contributed by atoms with Gasteiger partial charge in [-0.15, -0.1) is 0 Å². The lowest BCUT2D eigenvalue weighted by Crippen LogP contribution is -2.51. The van der Waals surface area contributed by atoms with Crippen LogP contribution in [0.1, 0.15) is 25.7 Å². The smallest absolute Gasteiger partial charge is 0.311 e. The second kappa shape index (κ2) is 4.45. The van der Waals surface area contributed by atoms with Gasteiger partial charge in [0.2, 0.25) is 0 Å². The van der Waals surface area contributed by atoms with E-state index in [1.807, 2.05) is 0 Å². The molecule has 0 aromatic heterocycles. The summed E-state index contributed by atoms with van der Waals surface area (Å²) < 4.78 is 0. The fourth-order valence-electron chi connectivity index (χ4n) is 4.53. The molecule has 4 fully saturated rings. The largest absolute Gasteiger partial charge is 0.481 e. The van der Waals surface area contributed by atoms with Crippen LogP contribution in [0.25, 0.3) is 0 Å². The van der Waals surface area contributed by atoms with Crippen molar-refractivity contribution < 1.29 is 19.5 Å². The zero-order valence-corrected chi connectivity index (χ0v) is 11.8. The maximum atomic E-state index is 12.2. The molecule has 0 aromatic rings. The second-order valence-corrected chi connectivity index (χ2v) is 7.05. The maximum Gasteiger partial charge on any atom is 0.311 e. The van der Waals surface area contributed by atoms with Crippen molar-refractivity contribution in [3.63, 3.8) is 0 Å². The molecule has 1 aliphatic heterocycles. The molecule has 0 spiro atoms. The third kappa shape index (κ3) is 2.12. The van der Waals surface area contributed by atoms with Crippen LogP contribution in [0.2, 0.25) is 0 Å². The van der Waals surface area contributed by atoms with Crippen molar-refractivity contribution in [1.82, 2.24) is 10.2 Å². The standard InChI is InChI=1S/C15H20N2O4/c18-13(16-12-10-4-8(10)9-5-11(9)12)14(19)17-3-1-2-7(6-17)15(20)21/h7-12H,1-6H2,(H,16,18)(H,20,21)/t7-,8+,9+,10+,11+/m0/s1. The summed E-state index contributed by atoms with van der Waals surface area (Å²) in [6.07, 6.45) is 3.63. The van der Waals surface area contributed by atoms with Crippen molar-refractivity contribution in [3.05, 3.63) is 0 Å². The molecule has 114 valence electrons. The molecular weight excluding hydrogens is 272 g/mol. The van der Waals surface area contributed by atoms with E-state index >= 15 is 0 Å². The maximum absolute atomic E-state index is 12.2. The Morgan fingerprint density at radius 1 is 1.05 bits per heavy atom. The predicted octanol–water partition coefficient (Wildman–Crippen LogP) is 0.0802. The summed E-state index contributed by atoms with van der Waals surface area (Å²) in [6.45, 7) is 0.642. The number of nitrogens with zero attached hydrogens (tertiary/aromatic N) is 1. The number of amides is 2. The van der Waals surface area contributed by atoms with E-state index < -0.39 is 23.7 Å². The molecule has 1 saturated heterocycles. The molecule has 0 radical (unpaired) electrons. The van der Waals surface area contributed by atoms with E-state index in [2.05, 4.69) is 5.32 Å². The predicted molar refractivity (Wildman–Crippen MR) is 72.1 cm³/mol. The lowest BCUT2D eigenvalue weighted by molar-refractivity contribution is -0.151. The highest BCUT2D eigenvalue weighted by Gasteiger charge is 2.67. The van der Waals surface area contributed by atoms with Crippen LogP contribution in [0.4, 0.5) is 0 Å². The number of nitrogens with one attached hydrogen (secondary N) is 1. The number of fused-ring (bicyclic) bond motifs is 3. The lowest BCUT2D eigenvalue weighted by atomic mass is 9.98. The number of aliphatic carboxylic acids is 1. The van der Waals surface area contributed by atoms with Gasteiger partial charge in [-0.05, 0) is 49.4 Å². The van der Waals surface area contributed by atoms with Crippen molar-refractivity contribution in [3.8, 4) is 0 Å². The number of piperidine rings is 1. The minimum Gasteiger partial charge on any atom is -0.481 e. The Morgan fingerprint density at radius 2 is 1.71 bits per heavy atom. The Hall–Kier alpha value is -1.59. The summed E-state index contributed by atoms with van der Waals surface area (Å²) in [7, 11) is 0. The van der Waals surface area contributed by atoms with E-state index in [4.69, 9.17) is 5.11 Å². The normalized spacial score (nSPS) is 42.8. The molecule has 3 aliphatic carbocycles. The van der Waals surface area contributed by atoms with Crippen molar-refractivity contribution in [2.75, 3.05) is 13.1 Å². The molecule has 4 aliphatic rings. The SMILES string of the molecule is O=C(NC1[C@@H]2C[C@@H]2[C@H]2C[C@@H]12)C(=O)N1CCC[C@H](C(=O)O)C1. The quantitative estimate of drug-likeness (QED) is 0.706. The monoisotopic (exact) mass is 292 g/mol.